The highest BCUT2D eigenvalue weighted by atomic mass is 35.5. The Morgan fingerprint density at radius 1 is 1.44 bits per heavy atom. The maximum atomic E-state index is 5.93. The Hall–Kier alpha value is -0.870. The number of ether oxygens (including phenoxy) is 1. The second-order valence-corrected chi connectivity index (χ2v) is 4.89. The van der Waals surface area contributed by atoms with E-state index in [1.807, 2.05) is 6.92 Å². The Morgan fingerprint density at radius 2 is 2.31 bits per heavy atom. The molecule has 5 heteroatoms. The van der Waals surface area contributed by atoms with Crippen LogP contribution < -0.4 is 10.1 Å². The van der Waals surface area contributed by atoms with Crippen molar-refractivity contribution in [1.82, 2.24) is 15.3 Å². The van der Waals surface area contributed by atoms with Gasteiger partial charge in [0.2, 0.25) is 5.88 Å². The van der Waals surface area contributed by atoms with E-state index in [1.54, 1.807) is 0 Å². The molecule has 4 nitrogen and oxygen atoms in total. The van der Waals surface area contributed by atoms with Crippen molar-refractivity contribution >= 4 is 11.6 Å². The Labute approximate surface area is 99.4 Å². The van der Waals surface area contributed by atoms with Crippen LogP contribution in [0.2, 0.25) is 5.15 Å². The summed E-state index contributed by atoms with van der Waals surface area (Å²) in [6.07, 6.45) is 5.24. The van der Waals surface area contributed by atoms with Crippen molar-refractivity contribution in [3.63, 3.8) is 0 Å². The first-order valence-electron chi connectivity index (χ1n) is 5.64. The SMILES string of the molecule is Cc1c(Cl)ncnc1OC1CC2CCC1N2. The maximum absolute atomic E-state index is 5.93. The first-order valence-corrected chi connectivity index (χ1v) is 6.01. The molecule has 0 spiro atoms. The average Bonchev–Trinajstić information content (AvgIpc) is 2.86. The standard InChI is InChI=1S/C11H14ClN3O/c1-6-10(12)13-5-14-11(6)16-9-4-7-2-3-8(9)15-7/h5,7-9,15H,2-4H2,1H3. The molecule has 16 heavy (non-hydrogen) atoms. The molecule has 3 rings (SSSR count). The van der Waals surface area contributed by atoms with E-state index in [9.17, 15) is 0 Å². The molecule has 0 amide bonds. The molecule has 2 aliphatic heterocycles. The van der Waals surface area contributed by atoms with Crippen LogP contribution in [0.1, 0.15) is 24.8 Å². The van der Waals surface area contributed by atoms with Gasteiger partial charge in [0.05, 0.1) is 0 Å². The van der Waals surface area contributed by atoms with Gasteiger partial charge in [0.1, 0.15) is 17.6 Å². The van der Waals surface area contributed by atoms with Gasteiger partial charge in [-0.05, 0) is 19.8 Å². The van der Waals surface area contributed by atoms with Gasteiger partial charge in [-0.2, -0.15) is 0 Å². The Bertz CT molecular complexity index is 412. The minimum atomic E-state index is 0.239. The summed E-state index contributed by atoms with van der Waals surface area (Å²) in [5.74, 6) is 0.624. The molecule has 1 aromatic heterocycles. The van der Waals surface area contributed by atoms with Gasteiger partial charge < -0.3 is 10.1 Å². The first-order chi connectivity index (χ1) is 7.74. The second-order valence-electron chi connectivity index (χ2n) is 4.53. The molecule has 0 radical (unpaired) electrons. The topological polar surface area (TPSA) is 47.0 Å². The normalized spacial score (nSPS) is 32.0. The quantitative estimate of drug-likeness (QED) is 0.799. The molecule has 2 saturated heterocycles. The van der Waals surface area contributed by atoms with Crippen molar-refractivity contribution in [1.29, 1.82) is 0 Å². The zero-order chi connectivity index (χ0) is 11.1. The molecule has 86 valence electrons. The van der Waals surface area contributed by atoms with Crippen LogP contribution in [0.15, 0.2) is 6.33 Å². The van der Waals surface area contributed by atoms with Gasteiger partial charge in [-0.25, -0.2) is 9.97 Å². The first kappa shape index (κ1) is 10.3. The number of nitrogens with zero attached hydrogens (tertiary/aromatic N) is 2. The molecule has 3 unspecified atom stereocenters. The third-order valence-corrected chi connectivity index (χ3v) is 3.86. The molecule has 3 atom stereocenters. The van der Waals surface area contributed by atoms with E-state index in [1.165, 1.54) is 19.2 Å². The van der Waals surface area contributed by atoms with E-state index in [0.29, 0.717) is 23.1 Å². The lowest BCUT2D eigenvalue weighted by Crippen LogP contribution is -2.32. The Kier molecular flexibility index (Phi) is 2.48. The van der Waals surface area contributed by atoms with Crippen molar-refractivity contribution in [3.05, 3.63) is 17.0 Å². The van der Waals surface area contributed by atoms with E-state index in [2.05, 4.69) is 15.3 Å². The van der Waals surface area contributed by atoms with Crippen LogP contribution in [0.5, 0.6) is 5.88 Å². The second kappa shape index (κ2) is 3.86. The largest absolute Gasteiger partial charge is 0.472 e. The minimum absolute atomic E-state index is 0.239. The van der Waals surface area contributed by atoms with Crippen LogP contribution >= 0.6 is 11.6 Å². The highest BCUT2D eigenvalue weighted by molar-refractivity contribution is 6.30. The highest BCUT2D eigenvalue weighted by Crippen LogP contribution is 2.32. The fourth-order valence-corrected chi connectivity index (χ4v) is 2.70. The fourth-order valence-electron chi connectivity index (χ4n) is 2.58. The lowest BCUT2D eigenvalue weighted by Gasteiger charge is -2.21. The molecule has 0 aliphatic carbocycles. The Balaban J connectivity index is 1.77. The average molecular weight is 240 g/mol. The van der Waals surface area contributed by atoms with Crippen LogP contribution in [0.4, 0.5) is 0 Å². The van der Waals surface area contributed by atoms with Crippen LogP contribution in [-0.2, 0) is 0 Å². The van der Waals surface area contributed by atoms with E-state index in [-0.39, 0.29) is 6.10 Å². The van der Waals surface area contributed by atoms with Crippen LogP contribution in [0.25, 0.3) is 0 Å². The molecule has 0 aromatic carbocycles. The fraction of sp³-hybridized carbons (Fsp3) is 0.636. The number of fused-ring (bicyclic) bond motifs is 2. The molecule has 3 heterocycles. The zero-order valence-electron chi connectivity index (χ0n) is 9.11. The van der Waals surface area contributed by atoms with Gasteiger partial charge in [-0.1, -0.05) is 11.6 Å². The summed E-state index contributed by atoms with van der Waals surface area (Å²) in [4.78, 5) is 8.06. The zero-order valence-corrected chi connectivity index (χ0v) is 9.87. The Morgan fingerprint density at radius 3 is 3.00 bits per heavy atom. The smallest absolute Gasteiger partial charge is 0.221 e. The summed E-state index contributed by atoms with van der Waals surface area (Å²) in [6, 6.07) is 1.12. The van der Waals surface area contributed by atoms with Gasteiger partial charge in [0.15, 0.2) is 0 Å². The predicted octanol–water partition coefficient (Wildman–Crippen LogP) is 1.71. The molecule has 0 saturated carbocycles. The third-order valence-electron chi connectivity index (χ3n) is 3.48. The van der Waals surface area contributed by atoms with E-state index in [0.717, 1.165) is 12.0 Å². The maximum Gasteiger partial charge on any atom is 0.221 e. The molecular weight excluding hydrogens is 226 g/mol. The van der Waals surface area contributed by atoms with Gasteiger partial charge in [0, 0.05) is 24.1 Å². The van der Waals surface area contributed by atoms with Crippen molar-refractivity contribution in [2.75, 3.05) is 0 Å². The van der Waals surface area contributed by atoms with E-state index in [4.69, 9.17) is 16.3 Å². The number of aromatic nitrogens is 2. The molecule has 1 aromatic rings. The van der Waals surface area contributed by atoms with Crippen LogP contribution in [0.3, 0.4) is 0 Å². The summed E-state index contributed by atoms with van der Waals surface area (Å²) < 4.78 is 5.92. The van der Waals surface area contributed by atoms with Gasteiger partial charge in [-0.15, -0.1) is 0 Å². The summed E-state index contributed by atoms with van der Waals surface area (Å²) in [7, 11) is 0. The van der Waals surface area contributed by atoms with Crippen molar-refractivity contribution < 1.29 is 4.74 Å². The lowest BCUT2D eigenvalue weighted by molar-refractivity contribution is 0.162. The molecule has 2 fully saturated rings. The number of halogens is 1. The highest BCUT2D eigenvalue weighted by Gasteiger charge is 2.40. The van der Waals surface area contributed by atoms with Crippen LogP contribution in [0, 0.1) is 6.92 Å². The number of hydrogen-bond donors (Lipinski definition) is 1. The lowest BCUT2D eigenvalue weighted by atomic mass is 9.98. The molecule has 2 aliphatic rings. The number of hydrogen-bond acceptors (Lipinski definition) is 4. The molecular formula is C11H14ClN3O. The van der Waals surface area contributed by atoms with Crippen LogP contribution in [-0.4, -0.2) is 28.2 Å². The summed E-state index contributed by atoms with van der Waals surface area (Å²) in [5.41, 5.74) is 0.826. The number of nitrogens with one attached hydrogen (secondary N) is 1. The predicted molar refractivity (Wildman–Crippen MR) is 60.8 cm³/mol. The summed E-state index contributed by atoms with van der Waals surface area (Å²) >= 11 is 5.93. The van der Waals surface area contributed by atoms with Gasteiger partial charge in [-0.3, -0.25) is 0 Å². The molecule has 1 N–H and O–H groups in total. The summed E-state index contributed by atoms with van der Waals surface area (Å²) in [5, 5.41) is 4.00. The minimum Gasteiger partial charge on any atom is -0.472 e. The molecule has 2 bridgehead atoms. The van der Waals surface area contributed by atoms with E-state index < -0.39 is 0 Å². The summed E-state index contributed by atoms with van der Waals surface area (Å²) in [6.45, 7) is 1.89. The van der Waals surface area contributed by atoms with Crippen molar-refractivity contribution in [2.24, 2.45) is 0 Å². The van der Waals surface area contributed by atoms with E-state index >= 15 is 0 Å². The monoisotopic (exact) mass is 239 g/mol. The number of rotatable bonds is 2. The van der Waals surface area contributed by atoms with Gasteiger partial charge in [0.25, 0.3) is 0 Å². The van der Waals surface area contributed by atoms with Crippen molar-refractivity contribution in [2.45, 2.75) is 44.4 Å². The van der Waals surface area contributed by atoms with Crippen molar-refractivity contribution in [3.8, 4) is 5.88 Å². The van der Waals surface area contributed by atoms with Gasteiger partial charge >= 0.3 is 0 Å². The third kappa shape index (κ3) is 1.66.